The molecular formula is C12H18N6S. The lowest BCUT2D eigenvalue weighted by Crippen LogP contribution is -2.09. The molecule has 0 aliphatic carbocycles. The Labute approximate surface area is 116 Å². The van der Waals surface area contributed by atoms with Gasteiger partial charge in [0.25, 0.3) is 0 Å². The van der Waals surface area contributed by atoms with Gasteiger partial charge < -0.3 is 5.73 Å². The zero-order valence-electron chi connectivity index (χ0n) is 11.4. The Morgan fingerprint density at radius 2 is 2.16 bits per heavy atom. The topological polar surface area (TPSA) is 82.5 Å². The maximum Gasteiger partial charge on any atom is 0.190 e. The Kier molecular flexibility index (Phi) is 4.36. The van der Waals surface area contributed by atoms with E-state index >= 15 is 0 Å². The predicted molar refractivity (Wildman–Crippen MR) is 75.6 cm³/mol. The van der Waals surface area contributed by atoms with Crippen molar-refractivity contribution in [1.82, 2.24) is 24.7 Å². The molecule has 6 nitrogen and oxygen atoms in total. The van der Waals surface area contributed by atoms with Crippen LogP contribution in [0.15, 0.2) is 17.6 Å². The minimum absolute atomic E-state index is 0.499. The second-order valence-corrected chi connectivity index (χ2v) is 5.70. The first-order valence-corrected chi connectivity index (χ1v) is 7.14. The molecule has 0 saturated heterocycles. The summed E-state index contributed by atoms with van der Waals surface area (Å²) in [6.07, 6.45) is 1.59. The van der Waals surface area contributed by atoms with Crippen molar-refractivity contribution in [2.45, 2.75) is 38.2 Å². The van der Waals surface area contributed by atoms with Gasteiger partial charge in [-0.15, -0.1) is 0 Å². The largest absolute Gasteiger partial charge is 0.384 e. The van der Waals surface area contributed by atoms with Crippen molar-refractivity contribution < 1.29 is 0 Å². The molecule has 2 N–H and O–H groups in total. The van der Waals surface area contributed by atoms with Crippen LogP contribution in [0.5, 0.6) is 0 Å². The molecule has 7 heteroatoms. The highest BCUT2D eigenvalue weighted by molar-refractivity contribution is 7.98. The van der Waals surface area contributed by atoms with Gasteiger partial charge in [-0.05, 0) is 12.8 Å². The summed E-state index contributed by atoms with van der Waals surface area (Å²) in [6.45, 7) is 7.09. The molecule has 0 spiro atoms. The van der Waals surface area contributed by atoms with Gasteiger partial charge in [0.1, 0.15) is 18.0 Å². The number of nitrogens with zero attached hydrogens (tertiary/aromatic N) is 5. The smallest absolute Gasteiger partial charge is 0.190 e. The third-order valence-corrected chi connectivity index (χ3v) is 3.26. The molecule has 2 rings (SSSR count). The highest BCUT2D eigenvalue weighted by Crippen LogP contribution is 2.19. The number of aryl methyl sites for hydroxylation is 1. The van der Waals surface area contributed by atoms with Gasteiger partial charge in [0.2, 0.25) is 0 Å². The van der Waals surface area contributed by atoms with E-state index in [1.54, 1.807) is 12.4 Å². The monoisotopic (exact) mass is 278 g/mol. The van der Waals surface area contributed by atoms with E-state index in [-0.39, 0.29) is 0 Å². The lowest BCUT2D eigenvalue weighted by Gasteiger charge is -2.08. The number of rotatable bonds is 5. The summed E-state index contributed by atoms with van der Waals surface area (Å²) in [7, 11) is 0. The van der Waals surface area contributed by atoms with E-state index in [2.05, 4.69) is 33.9 Å². The van der Waals surface area contributed by atoms with E-state index in [9.17, 15) is 0 Å². The fourth-order valence-electron chi connectivity index (χ4n) is 1.66. The Morgan fingerprint density at radius 3 is 2.84 bits per heavy atom. The molecule has 0 radical (unpaired) electrons. The zero-order valence-corrected chi connectivity index (χ0v) is 12.2. The third kappa shape index (κ3) is 3.92. The van der Waals surface area contributed by atoms with Crippen molar-refractivity contribution in [2.75, 3.05) is 5.73 Å². The summed E-state index contributed by atoms with van der Waals surface area (Å²) in [4.78, 5) is 12.8. The number of aromatic nitrogens is 5. The van der Waals surface area contributed by atoms with Crippen molar-refractivity contribution in [1.29, 1.82) is 0 Å². The maximum atomic E-state index is 5.71. The van der Waals surface area contributed by atoms with E-state index in [1.807, 2.05) is 11.6 Å². The van der Waals surface area contributed by atoms with E-state index < -0.39 is 0 Å². The van der Waals surface area contributed by atoms with Crippen molar-refractivity contribution in [3.63, 3.8) is 0 Å². The van der Waals surface area contributed by atoms with Gasteiger partial charge in [-0.2, -0.15) is 5.10 Å². The van der Waals surface area contributed by atoms with Crippen molar-refractivity contribution in [3.8, 4) is 0 Å². The number of thioether (sulfide) groups is 1. The first-order chi connectivity index (χ1) is 9.04. The van der Waals surface area contributed by atoms with Crippen molar-refractivity contribution in [2.24, 2.45) is 5.92 Å². The van der Waals surface area contributed by atoms with Gasteiger partial charge in [0.15, 0.2) is 5.16 Å². The van der Waals surface area contributed by atoms with Crippen molar-refractivity contribution in [3.05, 3.63) is 23.9 Å². The lowest BCUT2D eigenvalue weighted by atomic mass is 10.2. The van der Waals surface area contributed by atoms with Crippen LogP contribution in [0, 0.1) is 12.8 Å². The van der Waals surface area contributed by atoms with Crippen LogP contribution >= 0.6 is 11.8 Å². The van der Waals surface area contributed by atoms with Gasteiger partial charge in [-0.3, -0.25) is 0 Å². The summed E-state index contributed by atoms with van der Waals surface area (Å²) >= 11 is 1.52. The average molecular weight is 278 g/mol. The van der Waals surface area contributed by atoms with E-state index in [4.69, 9.17) is 5.73 Å². The molecule has 2 heterocycles. The normalized spacial score (nSPS) is 11.2. The molecule has 2 aromatic heterocycles. The van der Waals surface area contributed by atoms with Crippen molar-refractivity contribution >= 4 is 17.6 Å². The predicted octanol–water partition coefficient (Wildman–Crippen LogP) is 1.91. The van der Waals surface area contributed by atoms with E-state index in [0.29, 0.717) is 22.6 Å². The van der Waals surface area contributed by atoms with E-state index in [0.717, 1.165) is 18.1 Å². The second kappa shape index (κ2) is 6.01. The Hall–Kier alpha value is -1.63. The summed E-state index contributed by atoms with van der Waals surface area (Å²) in [5, 5.41) is 4.91. The molecule has 0 unspecified atom stereocenters. The molecule has 0 bridgehead atoms. The molecule has 2 aromatic rings. The molecule has 0 amide bonds. The minimum Gasteiger partial charge on any atom is -0.384 e. The summed E-state index contributed by atoms with van der Waals surface area (Å²) < 4.78 is 1.93. The highest BCUT2D eigenvalue weighted by atomic mass is 32.2. The zero-order chi connectivity index (χ0) is 13.8. The first-order valence-electron chi connectivity index (χ1n) is 6.15. The molecule has 0 aliphatic heterocycles. The third-order valence-electron chi connectivity index (χ3n) is 2.42. The Balaban J connectivity index is 2.04. The molecule has 0 atom stereocenters. The minimum atomic E-state index is 0.499. The molecule has 0 fully saturated rings. The molecule has 102 valence electrons. The SMILES string of the molecule is Cc1cc(N)nc(SCc2ncnn2CC(C)C)n1. The fraction of sp³-hybridized carbons (Fsp3) is 0.500. The van der Waals surface area contributed by atoms with Crippen LogP contribution in [-0.4, -0.2) is 24.7 Å². The Bertz CT molecular complexity index is 531. The molecule has 0 aliphatic rings. The molecule has 0 aromatic carbocycles. The number of nitrogens with two attached hydrogens (primary N) is 1. The van der Waals surface area contributed by atoms with Crippen LogP contribution < -0.4 is 5.73 Å². The van der Waals surface area contributed by atoms with Crippen LogP contribution in [0.3, 0.4) is 0 Å². The first kappa shape index (κ1) is 13.8. The standard InChI is InChI=1S/C12H18N6S/c1-8(2)5-18-11(14-7-15-18)6-19-12-16-9(3)4-10(13)17-12/h4,7-8H,5-6H2,1-3H3,(H2,13,16,17). The molecule has 19 heavy (non-hydrogen) atoms. The van der Waals surface area contributed by atoms with Crippen LogP contribution in [0.4, 0.5) is 5.82 Å². The number of anilines is 1. The van der Waals surface area contributed by atoms with Crippen LogP contribution in [0.1, 0.15) is 25.4 Å². The summed E-state index contributed by atoms with van der Waals surface area (Å²) in [5.74, 6) is 2.66. The fourth-order valence-corrected chi connectivity index (χ4v) is 2.52. The maximum absolute atomic E-state index is 5.71. The Morgan fingerprint density at radius 1 is 1.37 bits per heavy atom. The summed E-state index contributed by atoms with van der Waals surface area (Å²) in [6, 6.07) is 1.76. The number of hydrogen-bond acceptors (Lipinski definition) is 6. The van der Waals surface area contributed by atoms with Gasteiger partial charge >= 0.3 is 0 Å². The van der Waals surface area contributed by atoms with E-state index in [1.165, 1.54) is 11.8 Å². The molecule has 0 saturated carbocycles. The highest BCUT2D eigenvalue weighted by Gasteiger charge is 2.08. The average Bonchev–Trinajstić information content (AvgIpc) is 2.71. The van der Waals surface area contributed by atoms with Crippen LogP contribution in [-0.2, 0) is 12.3 Å². The quantitative estimate of drug-likeness (QED) is 0.664. The van der Waals surface area contributed by atoms with Crippen LogP contribution in [0.2, 0.25) is 0 Å². The van der Waals surface area contributed by atoms with Crippen LogP contribution in [0.25, 0.3) is 0 Å². The second-order valence-electron chi connectivity index (χ2n) is 4.76. The van der Waals surface area contributed by atoms with Gasteiger partial charge in [0.05, 0.1) is 5.75 Å². The number of nitrogen functional groups attached to an aromatic ring is 1. The molecular weight excluding hydrogens is 260 g/mol. The summed E-state index contributed by atoms with van der Waals surface area (Å²) in [5.41, 5.74) is 6.58. The lowest BCUT2D eigenvalue weighted by molar-refractivity contribution is 0.471. The van der Waals surface area contributed by atoms with Gasteiger partial charge in [-0.1, -0.05) is 25.6 Å². The van der Waals surface area contributed by atoms with Gasteiger partial charge in [0, 0.05) is 18.3 Å². The van der Waals surface area contributed by atoms with Gasteiger partial charge in [-0.25, -0.2) is 19.6 Å². The number of hydrogen-bond donors (Lipinski definition) is 1.